The molecule has 0 bridgehead atoms. The van der Waals surface area contributed by atoms with Crippen molar-refractivity contribution in [2.75, 3.05) is 19.6 Å². The molecule has 0 spiro atoms. The summed E-state index contributed by atoms with van der Waals surface area (Å²) in [4.78, 5) is 44.5. The number of nitrogens with one attached hydrogen (secondary N) is 1. The minimum Gasteiger partial charge on any atom is -0.476 e. The van der Waals surface area contributed by atoms with Gasteiger partial charge in [-0.25, -0.2) is 14.8 Å². The van der Waals surface area contributed by atoms with E-state index in [1.54, 1.807) is 4.90 Å². The normalized spacial score (nSPS) is 17.4. The van der Waals surface area contributed by atoms with Gasteiger partial charge in [0.15, 0.2) is 5.69 Å². The number of amides is 2. The number of likely N-dealkylation sites (tertiary alicyclic amines) is 1. The van der Waals surface area contributed by atoms with Crippen molar-refractivity contribution in [2.24, 2.45) is 5.92 Å². The van der Waals surface area contributed by atoms with Gasteiger partial charge in [-0.15, -0.1) is 0 Å². The number of aromatic nitrogens is 2. The van der Waals surface area contributed by atoms with Crippen molar-refractivity contribution in [1.82, 2.24) is 20.2 Å². The molecule has 2 amide bonds. The van der Waals surface area contributed by atoms with Crippen LogP contribution in [0, 0.1) is 5.92 Å². The molecular formula is C16H22N4O4. The third-order valence-electron chi connectivity index (χ3n) is 4.00. The number of nitrogens with zero attached hydrogens (tertiary/aromatic N) is 3. The van der Waals surface area contributed by atoms with Crippen LogP contribution >= 0.6 is 0 Å². The summed E-state index contributed by atoms with van der Waals surface area (Å²) in [6.45, 7) is 3.62. The molecule has 2 heterocycles. The maximum Gasteiger partial charge on any atom is 0.356 e. The molecule has 2 N–H and O–H groups in total. The summed E-state index contributed by atoms with van der Waals surface area (Å²) in [7, 11) is 0. The summed E-state index contributed by atoms with van der Waals surface area (Å²) in [6.07, 6.45) is 5.68. The summed E-state index contributed by atoms with van der Waals surface area (Å²) in [6, 6.07) is 0. The monoisotopic (exact) mass is 334 g/mol. The van der Waals surface area contributed by atoms with E-state index in [4.69, 9.17) is 5.11 Å². The molecule has 8 heteroatoms. The molecule has 0 saturated carbocycles. The van der Waals surface area contributed by atoms with Gasteiger partial charge in [-0.2, -0.15) is 0 Å². The molecule has 1 atom stereocenters. The molecule has 1 saturated heterocycles. The first kappa shape index (κ1) is 17.8. The number of carbonyl (C=O) groups excluding carboxylic acids is 2. The number of carbonyl (C=O) groups is 3. The maximum absolute atomic E-state index is 12.5. The zero-order chi connectivity index (χ0) is 17.5. The van der Waals surface area contributed by atoms with E-state index in [-0.39, 0.29) is 29.1 Å². The highest BCUT2D eigenvalue weighted by Gasteiger charge is 2.29. The SMILES string of the molecule is CCCCNC(=O)C1CCCN(C(=O)c2cnc(C(=O)O)cn2)C1. The van der Waals surface area contributed by atoms with Gasteiger partial charge in [-0.3, -0.25) is 9.59 Å². The number of piperidine rings is 1. The largest absolute Gasteiger partial charge is 0.476 e. The Kier molecular flexibility index (Phi) is 6.22. The number of hydrogen-bond donors (Lipinski definition) is 2. The smallest absolute Gasteiger partial charge is 0.356 e. The minimum atomic E-state index is -1.19. The van der Waals surface area contributed by atoms with E-state index >= 15 is 0 Å². The van der Waals surface area contributed by atoms with Crippen LogP contribution in [0.1, 0.15) is 53.6 Å². The summed E-state index contributed by atoms with van der Waals surface area (Å²) >= 11 is 0. The Labute approximate surface area is 140 Å². The van der Waals surface area contributed by atoms with Crippen LogP contribution in [-0.2, 0) is 4.79 Å². The first-order valence-electron chi connectivity index (χ1n) is 8.15. The molecule has 0 aliphatic carbocycles. The Morgan fingerprint density at radius 3 is 2.62 bits per heavy atom. The summed E-state index contributed by atoms with van der Waals surface area (Å²) in [5.41, 5.74) is -0.120. The van der Waals surface area contributed by atoms with Crippen molar-refractivity contribution in [3.63, 3.8) is 0 Å². The van der Waals surface area contributed by atoms with Crippen molar-refractivity contribution >= 4 is 17.8 Å². The van der Waals surface area contributed by atoms with E-state index in [2.05, 4.69) is 22.2 Å². The van der Waals surface area contributed by atoms with Crippen LogP contribution in [0.5, 0.6) is 0 Å². The number of carboxylic acid groups (broad SMARTS) is 1. The molecule has 1 aromatic heterocycles. The van der Waals surface area contributed by atoms with Gasteiger partial charge in [0.1, 0.15) is 5.69 Å². The molecule has 8 nitrogen and oxygen atoms in total. The second-order valence-electron chi connectivity index (χ2n) is 5.83. The van der Waals surface area contributed by atoms with Gasteiger partial charge in [0.05, 0.1) is 18.3 Å². The van der Waals surface area contributed by atoms with Gasteiger partial charge in [0, 0.05) is 19.6 Å². The van der Waals surface area contributed by atoms with Crippen LogP contribution in [0.4, 0.5) is 0 Å². The van der Waals surface area contributed by atoms with E-state index in [1.807, 2.05) is 0 Å². The molecule has 0 aromatic carbocycles. The molecule has 1 unspecified atom stereocenters. The van der Waals surface area contributed by atoms with E-state index < -0.39 is 5.97 Å². The van der Waals surface area contributed by atoms with Crippen LogP contribution in [0.15, 0.2) is 12.4 Å². The second kappa shape index (κ2) is 8.37. The predicted octanol–water partition coefficient (Wildman–Crippen LogP) is 0.943. The van der Waals surface area contributed by atoms with Gasteiger partial charge in [0.2, 0.25) is 5.91 Å². The first-order valence-corrected chi connectivity index (χ1v) is 8.15. The molecule has 1 aliphatic rings. The van der Waals surface area contributed by atoms with E-state index in [0.717, 1.165) is 38.1 Å². The quantitative estimate of drug-likeness (QED) is 0.749. The van der Waals surface area contributed by atoms with Crippen LogP contribution < -0.4 is 5.32 Å². The fraction of sp³-hybridized carbons (Fsp3) is 0.562. The molecule has 2 rings (SSSR count). The summed E-state index contributed by atoms with van der Waals surface area (Å²) in [5, 5.41) is 11.7. The van der Waals surface area contributed by atoms with Gasteiger partial charge < -0.3 is 15.3 Å². The van der Waals surface area contributed by atoms with Gasteiger partial charge >= 0.3 is 5.97 Å². The Balaban J connectivity index is 1.96. The second-order valence-corrected chi connectivity index (χ2v) is 5.83. The van der Waals surface area contributed by atoms with E-state index in [0.29, 0.717) is 19.6 Å². The van der Waals surface area contributed by atoms with Crippen molar-refractivity contribution in [3.8, 4) is 0 Å². The fourth-order valence-corrected chi connectivity index (χ4v) is 2.62. The van der Waals surface area contributed by atoms with Crippen molar-refractivity contribution in [2.45, 2.75) is 32.6 Å². The fourth-order valence-electron chi connectivity index (χ4n) is 2.62. The predicted molar refractivity (Wildman–Crippen MR) is 85.5 cm³/mol. The highest BCUT2D eigenvalue weighted by atomic mass is 16.4. The average molecular weight is 334 g/mol. The topological polar surface area (TPSA) is 112 Å². The number of unbranched alkanes of at least 4 members (excludes halogenated alkanes) is 1. The molecule has 1 fully saturated rings. The number of carboxylic acids is 1. The van der Waals surface area contributed by atoms with E-state index in [9.17, 15) is 14.4 Å². The lowest BCUT2D eigenvalue weighted by Crippen LogP contribution is -2.45. The Hall–Kier alpha value is -2.51. The Bertz CT molecular complexity index is 603. The lowest BCUT2D eigenvalue weighted by molar-refractivity contribution is -0.126. The van der Waals surface area contributed by atoms with Crippen molar-refractivity contribution in [1.29, 1.82) is 0 Å². The molecule has 24 heavy (non-hydrogen) atoms. The highest BCUT2D eigenvalue weighted by molar-refractivity contribution is 5.93. The average Bonchev–Trinajstić information content (AvgIpc) is 2.61. The van der Waals surface area contributed by atoms with Crippen LogP contribution in [0.2, 0.25) is 0 Å². The molecule has 1 aliphatic heterocycles. The number of hydrogen-bond acceptors (Lipinski definition) is 5. The van der Waals surface area contributed by atoms with Crippen LogP contribution in [0.25, 0.3) is 0 Å². The third kappa shape index (κ3) is 4.50. The van der Waals surface area contributed by atoms with Gasteiger partial charge in [-0.1, -0.05) is 13.3 Å². The maximum atomic E-state index is 12.5. The van der Waals surface area contributed by atoms with Crippen molar-refractivity contribution < 1.29 is 19.5 Å². The Morgan fingerprint density at radius 2 is 2.00 bits per heavy atom. The lowest BCUT2D eigenvalue weighted by Gasteiger charge is -2.31. The third-order valence-corrected chi connectivity index (χ3v) is 4.00. The highest BCUT2D eigenvalue weighted by Crippen LogP contribution is 2.18. The zero-order valence-electron chi connectivity index (χ0n) is 13.7. The lowest BCUT2D eigenvalue weighted by atomic mass is 9.97. The summed E-state index contributed by atoms with van der Waals surface area (Å²) in [5.74, 6) is -1.76. The molecule has 0 radical (unpaired) electrons. The first-order chi connectivity index (χ1) is 11.5. The molecule has 1 aromatic rings. The Morgan fingerprint density at radius 1 is 1.29 bits per heavy atom. The van der Waals surface area contributed by atoms with Gasteiger partial charge in [0.25, 0.3) is 5.91 Å². The molecule has 130 valence electrons. The van der Waals surface area contributed by atoms with Crippen LogP contribution in [-0.4, -0.2) is 57.4 Å². The standard InChI is InChI=1S/C16H22N4O4/c1-2-3-6-17-14(21)11-5-4-7-20(10-11)15(22)12-8-19-13(9-18-12)16(23)24/h8-9,11H,2-7,10H2,1H3,(H,17,21)(H,23,24). The van der Waals surface area contributed by atoms with E-state index in [1.165, 1.54) is 0 Å². The molecular weight excluding hydrogens is 312 g/mol. The minimum absolute atomic E-state index is 0.0201. The van der Waals surface area contributed by atoms with Gasteiger partial charge in [-0.05, 0) is 19.3 Å². The van der Waals surface area contributed by atoms with Crippen molar-refractivity contribution in [3.05, 3.63) is 23.8 Å². The van der Waals surface area contributed by atoms with Crippen LogP contribution in [0.3, 0.4) is 0 Å². The number of aromatic carboxylic acids is 1. The zero-order valence-corrected chi connectivity index (χ0v) is 13.7. The summed E-state index contributed by atoms with van der Waals surface area (Å²) < 4.78 is 0. The number of rotatable bonds is 6.